The average molecular weight is 242 g/mol. The molecule has 0 aliphatic rings. The van der Waals surface area contributed by atoms with E-state index in [1.807, 2.05) is 36.4 Å². The number of hydrogen-bond donors (Lipinski definition) is 2. The molecule has 18 heavy (non-hydrogen) atoms. The molecule has 0 spiro atoms. The molecule has 0 saturated carbocycles. The predicted molar refractivity (Wildman–Crippen MR) is 73.1 cm³/mol. The standard InChI is InChI=1S/C15H18N2O/c1-18-15-10-6-5-9-14(15)12-17-16-11-13-7-3-2-4-8-13/h2-10,16-17H,11-12H2,1H3. The van der Waals surface area contributed by atoms with E-state index < -0.39 is 0 Å². The van der Waals surface area contributed by atoms with E-state index in [9.17, 15) is 0 Å². The number of hydrazine groups is 1. The van der Waals surface area contributed by atoms with E-state index in [0.29, 0.717) is 0 Å². The Morgan fingerprint density at radius 2 is 1.50 bits per heavy atom. The zero-order chi connectivity index (χ0) is 12.6. The molecule has 0 amide bonds. The molecule has 94 valence electrons. The largest absolute Gasteiger partial charge is 0.496 e. The van der Waals surface area contributed by atoms with Gasteiger partial charge in [0.1, 0.15) is 5.75 Å². The van der Waals surface area contributed by atoms with E-state index in [4.69, 9.17) is 4.74 Å². The summed E-state index contributed by atoms with van der Waals surface area (Å²) in [5, 5.41) is 0. The van der Waals surface area contributed by atoms with Crippen molar-refractivity contribution < 1.29 is 4.74 Å². The predicted octanol–water partition coefficient (Wildman–Crippen LogP) is 2.49. The van der Waals surface area contributed by atoms with E-state index in [0.717, 1.165) is 24.4 Å². The van der Waals surface area contributed by atoms with Crippen LogP contribution in [0.15, 0.2) is 54.6 Å². The Balaban J connectivity index is 1.78. The lowest BCUT2D eigenvalue weighted by atomic mass is 10.2. The molecule has 3 heteroatoms. The van der Waals surface area contributed by atoms with Gasteiger partial charge in [0.15, 0.2) is 0 Å². The molecular weight excluding hydrogens is 224 g/mol. The molecule has 0 aliphatic carbocycles. The zero-order valence-electron chi connectivity index (χ0n) is 10.5. The normalized spacial score (nSPS) is 10.3. The summed E-state index contributed by atoms with van der Waals surface area (Å²) in [6.07, 6.45) is 0. The number of nitrogens with one attached hydrogen (secondary N) is 2. The summed E-state index contributed by atoms with van der Waals surface area (Å²) in [5.74, 6) is 0.909. The molecule has 0 aliphatic heterocycles. The van der Waals surface area contributed by atoms with Crippen molar-refractivity contribution >= 4 is 0 Å². The molecule has 0 atom stereocenters. The molecule has 0 unspecified atom stereocenters. The molecule has 0 radical (unpaired) electrons. The molecule has 0 saturated heterocycles. The second-order valence-electron chi connectivity index (χ2n) is 4.00. The van der Waals surface area contributed by atoms with Crippen LogP contribution in [0.4, 0.5) is 0 Å². The summed E-state index contributed by atoms with van der Waals surface area (Å²) in [5.41, 5.74) is 8.78. The Kier molecular flexibility index (Phi) is 4.76. The highest BCUT2D eigenvalue weighted by Gasteiger charge is 1.99. The van der Waals surface area contributed by atoms with Crippen LogP contribution in [0.3, 0.4) is 0 Å². The summed E-state index contributed by atoms with van der Waals surface area (Å²) >= 11 is 0. The molecule has 2 aromatic rings. The molecule has 0 bridgehead atoms. The SMILES string of the molecule is COc1ccccc1CNNCc1ccccc1. The third kappa shape index (κ3) is 3.58. The number of methoxy groups -OCH3 is 1. The minimum Gasteiger partial charge on any atom is -0.496 e. The van der Waals surface area contributed by atoms with Gasteiger partial charge in [0.2, 0.25) is 0 Å². The summed E-state index contributed by atoms with van der Waals surface area (Å²) in [6.45, 7) is 1.53. The van der Waals surface area contributed by atoms with Gasteiger partial charge in [-0.25, -0.2) is 0 Å². The van der Waals surface area contributed by atoms with Gasteiger partial charge in [0.25, 0.3) is 0 Å². The number of benzene rings is 2. The van der Waals surface area contributed by atoms with Crippen LogP contribution < -0.4 is 15.6 Å². The third-order valence-corrected chi connectivity index (χ3v) is 2.73. The van der Waals surface area contributed by atoms with Crippen molar-refractivity contribution in [3.8, 4) is 5.75 Å². The maximum absolute atomic E-state index is 5.29. The fourth-order valence-electron chi connectivity index (χ4n) is 1.77. The van der Waals surface area contributed by atoms with Crippen molar-refractivity contribution in [1.29, 1.82) is 0 Å². The van der Waals surface area contributed by atoms with Crippen LogP contribution in [0.25, 0.3) is 0 Å². The molecule has 0 fully saturated rings. The maximum atomic E-state index is 5.29. The minimum absolute atomic E-state index is 0.733. The second kappa shape index (κ2) is 6.79. The van der Waals surface area contributed by atoms with Crippen molar-refractivity contribution in [2.45, 2.75) is 13.1 Å². The van der Waals surface area contributed by atoms with Crippen LogP contribution in [-0.4, -0.2) is 7.11 Å². The molecule has 2 aromatic carbocycles. The fraction of sp³-hybridized carbons (Fsp3) is 0.200. The monoisotopic (exact) mass is 242 g/mol. The first-order valence-electron chi connectivity index (χ1n) is 6.01. The maximum Gasteiger partial charge on any atom is 0.123 e. The van der Waals surface area contributed by atoms with E-state index >= 15 is 0 Å². The van der Waals surface area contributed by atoms with Crippen LogP contribution in [0, 0.1) is 0 Å². The number of para-hydroxylation sites is 1. The fourth-order valence-corrected chi connectivity index (χ4v) is 1.77. The lowest BCUT2D eigenvalue weighted by Crippen LogP contribution is -2.30. The Labute approximate surface area is 108 Å². The molecular formula is C15H18N2O. The quantitative estimate of drug-likeness (QED) is 0.603. The zero-order valence-corrected chi connectivity index (χ0v) is 10.5. The second-order valence-corrected chi connectivity index (χ2v) is 4.00. The highest BCUT2D eigenvalue weighted by molar-refractivity contribution is 5.32. The van der Waals surface area contributed by atoms with Crippen molar-refractivity contribution in [3.63, 3.8) is 0 Å². The number of rotatable bonds is 6. The van der Waals surface area contributed by atoms with E-state index in [1.54, 1.807) is 7.11 Å². The van der Waals surface area contributed by atoms with Crippen LogP contribution in [0.1, 0.15) is 11.1 Å². The smallest absolute Gasteiger partial charge is 0.123 e. The van der Waals surface area contributed by atoms with Crippen LogP contribution in [-0.2, 0) is 13.1 Å². The topological polar surface area (TPSA) is 33.3 Å². The van der Waals surface area contributed by atoms with E-state index in [2.05, 4.69) is 29.1 Å². The average Bonchev–Trinajstić information content (AvgIpc) is 2.45. The van der Waals surface area contributed by atoms with Gasteiger partial charge < -0.3 is 4.74 Å². The van der Waals surface area contributed by atoms with Gasteiger partial charge in [-0.15, -0.1) is 0 Å². The van der Waals surface area contributed by atoms with Crippen LogP contribution in [0.5, 0.6) is 5.75 Å². The van der Waals surface area contributed by atoms with E-state index in [1.165, 1.54) is 5.56 Å². The van der Waals surface area contributed by atoms with Crippen molar-refractivity contribution in [2.24, 2.45) is 0 Å². The van der Waals surface area contributed by atoms with Gasteiger partial charge in [-0.2, -0.15) is 0 Å². The summed E-state index contributed by atoms with van der Waals surface area (Å²) in [4.78, 5) is 0. The van der Waals surface area contributed by atoms with Gasteiger partial charge in [0, 0.05) is 18.7 Å². The molecule has 0 aromatic heterocycles. The van der Waals surface area contributed by atoms with Gasteiger partial charge in [-0.1, -0.05) is 48.5 Å². The third-order valence-electron chi connectivity index (χ3n) is 2.73. The minimum atomic E-state index is 0.733. The van der Waals surface area contributed by atoms with Crippen molar-refractivity contribution in [3.05, 3.63) is 65.7 Å². The Bertz CT molecular complexity index is 471. The lowest BCUT2D eigenvalue weighted by Gasteiger charge is -2.10. The summed E-state index contributed by atoms with van der Waals surface area (Å²) < 4.78 is 5.29. The van der Waals surface area contributed by atoms with Gasteiger partial charge in [-0.05, 0) is 11.6 Å². The first kappa shape index (κ1) is 12.6. The van der Waals surface area contributed by atoms with Crippen molar-refractivity contribution in [2.75, 3.05) is 7.11 Å². The summed E-state index contributed by atoms with van der Waals surface area (Å²) in [7, 11) is 1.69. The first-order valence-corrected chi connectivity index (χ1v) is 6.01. The summed E-state index contributed by atoms with van der Waals surface area (Å²) in [6, 6.07) is 18.3. The highest BCUT2D eigenvalue weighted by atomic mass is 16.5. The van der Waals surface area contributed by atoms with Crippen LogP contribution in [0.2, 0.25) is 0 Å². The van der Waals surface area contributed by atoms with Crippen LogP contribution >= 0.6 is 0 Å². The van der Waals surface area contributed by atoms with Gasteiger partial charge in [-0.3, -0.25) is 10.9 Å². The molecule has 2 rings (SSSR count). The Hall–Kier alpha value is -1.84. The number of hydrogen-bond acceptors (Lipinski definition) is 3. The van der Waals surface area contributed by atoms with Gasteiger partial charge >= 0.3 is 0 Å². The number of ether oxygens (including phenoxy) is 1. The Morgan fingerprint density at radius 3 is 2.28 bits per heavy atom. The first-order chi connectivity index (χ1) is 8.90. The van der Waals surface area contributed by atoms with E-state index in [-0.39, 0.29) is 0 Å². The van der Waals surface area contributed by atoms with Gasteiger partial charge in [0.05, 0.1) is 7.11 Å². The highest BCUT2D eigenvalue weighted by Crippen LogP contribution is 2.16. The lowest BCUT2D eigenvalue weighted by molar-refractivity contribution is 0.404. The molecule has 3 nitrogen and oxygen atoms in total. The van der Waals surface area contributed by atoms with Crippen molar-refractivity contribution in [1.82, 2.24) is 10.9 Å². The molecule has 2 N–H and O–H groups in total. The Morgan fingerprint density at radius 1 is 0.833 bits per heavy atom. The molecule has 0 heterocycles.